The summed E-state index contributed by atoms with van der Waals surface area (Å²) in [6, 6.07) is 11.5. The van der Waals surface area contributed by atoms with Gasteiger partial charge in [0.1, 0.15) is 24.1 Å². The van der Waals surface area contributed by atoms with Gasteiger partial charge in [-0.1, -0.05) is 0 Å². The molecule has 1 N–H and O–H groups in total. The zero-order valence-electron chi connectivity index (χ0n) is 20.0. The number of rotatable bonds is 11. The molecule has 1 aliphatic heterocycles. The molecule has 2 aromatic carbocycles. The van der Waals surface area contributed by atoms with Gasteiger partial charge in [0.25, 0.3) is 0 Å². The summed E-state index contributed by atoms with van der Waals surface area (Å²) in [6.07, 6.45) is 2.78. The highest BCUT2D eigenvalue weighted by molar-refractivity contribution is 7.92. The van der Waals surface area contributed by atoms with Gasteiger partial charge in [-0.2, -0.15) is 4.31 Å². The van der Waals surface area contributed by atoms with Crippen LogP contribution in [0.5, 0.6) is 11.5 Å². The molecule has 1 fully saturated rings. The van der Waals surface area contributed by atoms with Crippen LogP contribution in [0.3, 0.4) is 0 Å². The highest BCUT2D eigenvalue weighted by Crippen LogP contribution is 2.24. The molecule has 12 heteroatoms. The maximum atomic E-state index is 12.7. The smallest absolute Gasteiger partial charge is 0.243 e. The normalized spacial score (nSPS) is 15.4. The molecule has 0 bridgehead atoms. The van der Waals surface area contributed by atoms with Crippen molar-refractivity contribution >= 4 is 31.6 Å². The number of sulfonamides is 2. The van der Waals surface area contributed by atoms with E-state index in [0.29, 0.717) is 30.3 Å². The van der Waals surface area contributed by atoms with Crippen LogP contribution in [-0.4, -0.2) is 72.7 Å². The predicted molar refractivity (Wildman–Crippen MR) is 133 cm³/mol. The molecule has 0 radical (unpaired) electrons. The Balaban J connectivity index is 1.54. The Bertz CT molecular complexity index is 1210. The first-order valence-corrected chi connectivity index (χ1v) is 14.5. The minimum absolute atomic E-state index is 0.123. The van der Waals surface area contributed by atoms with Crippen molar-refractivity contribution in [3.63, 3.8) is 0 Å². The SMILES string of the molecule is COc1ccc(N(C(C)C(=O)NCCOc2ccc(S(=O)(=O)N3CCCC3)cc2)S(C)(=O)=O)cc1. The third kappa shape index (κ3) is 6.65. The standard InChI is InChI=1S/C23H31N3O7S2/c1-18(26(34(3,28)29)19-6-8-20(32-2)9-7-19)23(27)24-14-17-33-21-10-12-22(13-11-21)35(30,31)25-15-4-5-16-25/h6-13,18H,4-5,14-17H2,1-3H3,(H,24,27). The molecule has 1 aliphatic rings. The van der Waals surface area contributed by atoms with Crippen molar-refractivity contribution in [2.75, 3.05) is 43.9 Å². The zero-order chi connectivity index (χ0) is 25.6. The van der Waals surface area contributed by atoms with Crippen molar-refractivity contribution in [3.05, 3.63) is 48.5 Å². The molecule has 2 aromatic rings. The number of methoxy groups -OCH3 is 1. The first-order valence-electron chi connectivity index (χ1n) is 11.2. The highest BCUT2D eigenvalue weighted by Gasteiger charge is 2.29. The molecule has 192 valence electrons. The summed E-state index contributed by atoms with van der Waals surface area (Å²) < 4.78 is 63.1. The second-order valence-electron chi connectivity index (χ2n) is 8.15. The number of anilines is 1. The Morgan fingerprint density at radius 1 is 1.00 bits per heavy atom. The number of nitrogens with zero attached hydrogens (tertiary/aromatic N) is 2. The second-order valence-corrected chi connectivity index (χ2v) is 12.0. The Morgan fingerprint density at radius 2 is 1.57 bits per heavy atom. The Kier molecular flexibility index (Phi) is 8.62. The fraction of sp³-hybridized carbons (Fsp3) is 0.435. The lowest BCUT2D eigenvalue weighted by Crippen LogP contribution is -2.48. The van der Waals surface area contributed by atoms with E-state index < -0.39 is 32.0 Å². The summed E-state index contributed by atoms with van der Waals surface area (Å²) in [4.78, 5) is 12.9. The van der Waals surface area contributed by atoms with Crippen LogP contribution in [0, 0.1) is 0 Å². The quantitative estimate of drug-likeness (QED) is 0.444. The predicted octanol–water partition coefficient (Wildman–Crippen LogP) is 1.83. The van der Waals surface area contributed by atoms with Gasteiger partial charge in [0.05, 0.1) is 30.5 Å². The molecule has 0 aromatic heterocycles. The fourth-order valence-electron chi connectivity index (χ4n) is 3.81. The third-order valence-electron chi connectivity index (χ3n) is 5.61. The van der Waals surface area contributed by atoms with E-state index in [1.165, 1.54) is 30.5 Å². The number of ether oxygens (including phenoxy) is 2. The van der Waals surface area contributed by atoms with E-state index >= 15 is 0 Å². The van der Waals surface area contributed by atoms with E-state index in [0.717, 1.165) is 23.4 Å². The van der Waals surface area contributed by atoms with Crippen LogP contribution >= 0.6 is 0 Å². The van der Waals surface area contributed by atoms with E-state index in [2.05, 4.69) is 5.32 Å². The molecule has 1 saturated heterocycles. The van der Waals surface area contributed by atoms with Crippen molar-refractivity contribution < 1.29 is 31.1 Å². The second kappa shape index (κ2) is 11.3. The number of benzene rings is 2. The highest BCUT2D eigenvalue weighted by atomic mass is 32.2. The number of carbonyl (C=O) groups excluding carboxylic acids is 1. The van der Waals surface area contributed by atoms with E-state index in [-0.39, 0.29) is 18.0 Å². The third-order valence-corrected chi connectivity index (χ3v) is 8.77. The fourth-order valence-corrected chi connectivity index (χ4v) is 6.51. The van der Waals surface area contributed by atoms with Gasteiger partial charge in [-0.3, -0.25) is 9.10 Å². The molecule has 0 spiro atoms. The molecular weight excluding hydrogens is 494 g/mol. The number of amides is 1. The van der Waals surface area contributed by atoms with Gasteiger partial charge in [-0.05, 0) is 68.3 Å². The zero-order valence-corrected chi connectivity index (χ0v) is 21.6. The summed E-state index contributed by atoms with van der Waals surface area (Å²) in [6.45, 7) is 2.83. The van der Waals surface area contributed by atoms with Gasteiger partial charge in [0.2, 0.25) is 26.0 Å². The molecule has 0 saturated carbocycles. The minimum atomic E-state index is -3.73. The van der Waals surface area contributed by atoms with Gasteiger partial charge in [-0.25, -0.2) is 16.8 Å². The van der Waals surface area contributed by atoms with E-state index in [4.69, 9.17) is 9.47 Å². The monoisotopic (exact) mass is 525 g/mol. The molecule has 1 amide bonds. The van der Waals surface area contributed by atoms with E-state index in [1.54, 1.807) is 36.4 Å². The van der Waals surface area contributed by atoms with Crippen molar-refractivity contribution in [2.24, 2.45) is 0 Å². The Hall–Kier alpha value is -2.83. The number of carbonyl (C=O) groups is 1. The molecular formula is C23H31N3O7S2. The van der Waals surface area contributed by atoms with Crippen LogP contribution in [0.15, 0.2) is 53.4 Å². The van der Waals surface area contributed by atoms with Crippen molar-refractivity contribution in [3.8, 4) is 11.5 Å². The maximum Gasteiger partial charge on any atom is 0.243 e. The average molecular weight is 526 g/mol. The maximum absolute atomic E-state index is 12.7. The number of nitrogens with one attached hydrogen (secondary N) is 1. The Labute approximate surface area is 206 Å². The molecule has 1 heterocycles. The van der Waals surface area contributed by atoms with Crippen LogP contribution in [0.1, 0.15) is 19.8 Å². The van der Waals surface area contributed by atoms with Crippen LogP contribution in [0.2, 0.25) is 0 Å². The number of hydrogen-bond acceptors (Lipinski definition) is 7. The van der Waals surface area contributed by atoms with Crippen molar-refractivity contribution in [1.82, 2.24) is 9.62 Å². The summed E-state index contributed by atoms with van der Waals surface area (Å²) in [5, 5.41) is 2.67. The van der Waals surface area contributed by atoms with E-state index in [1.807, 2.05) is 0 Å². The van der Waals surface area contributed by atoms with Gasteiger partial charge in [0, 0.05) is 13.1 Å². The summed E-state index contributed by atoms with van der Waals surface area (Å²) in [7, 11) is -5.71. The molecule has 1 atom stereocenters. The van der Waals surface area contributed by atoms with Gasteiger partial charge in [-0.15, -0.1) is 0 Å². The molecule has 35 heavy (non-hydrogen) atoms. The molecule has 10 nitrogen and oxygen atoms in total. The van der Waals surface area contributed by atoms with E-state index in [9.17, 15) is 21.6 Å². The average Bonchev–Trinajstić information content (AvgIpc) is 3.38. The van der Waals surface area contributed by atoms with Crippen LogP contribution in [0.4, 0.5) is 5.69 Å². The Morgan fingerprint density at radius 3 is 2.11 bits per heavy atom. The lowest BCUT2D eigenvalue weighted by atomic mass is 10.2. The van der Waals surface area contributed by atoms with Crippen LogP contribution in [0.25, 0.3) is 0 Å². The summed E-state index contributed by atoms with van der Waals surface area (Å²) >= 11 is 0. The largest absolute Gasteiger partial charge is 0.497 e. The molecule has 3 rings (SSSR count). The number of hydrogen-bond donors (Lipinski definition) is 1. The van der Waals surface area contributed by atoms with Crippen LogP contribution < -0.4 is 19.1 Å². The molecule has 1 unspecified atom stereocenters. The minimum Gasteiger partial charge on any atom is -0.497 e. The molecule has 0 aliphatic carbocycles. The summed E-state index contributed by atoms with van der Waals surface area (Å²) in [5.74, 6) is 0.545. The van der Waals surface area contributed by atoms with Gasteiger partial charge >= 0.3 is 0 Å². The van der Waals surface area contributed by atoms with Crippen molar-refractivity contribution in [2.45, 2.75) is 30.7 Å². The van der Waals surface area contributed by atoms with Crippen LogP contribution in [-0.2, 0) is 24.8 Å². The lowest BCUT2D eigenvalue weighted by molar-refractivity contribution is -0.121. The van der Waals surface area contributed by atoms with Gasteiger partial charge in [0.15, 0.2) is 0 Å². The lowest BCUT2D eigenvalue weighted by Gasteiger charge is -2.28. The van der Waals surface area contributed by atoms with Gasteiger partial charge < -0.3 is 14.8 Å². The first kappa shape index (κ1) is 26.8. The summed E-state index contributed by atoms with van der Waals surface area (Å²) in [5.41, 5.74) is 0.344. The topological polar surface area (TPSA) is 122 Å². The van der Waals surface area contributed by atoms with Crippen molar-refractivity contribution in [1.29, 1.82) is 0 Å². The first-order chi connectivity index (χ1) is 16.5.